The van der Waals surface area contributed by atoms with Crippen LogP contribution in [0.4, 0.5) is 0 Å². The normalized spacial score (nSPS) is 21.2. The molecular formula is C28H30Cl4N4O9. The summed E-state index contributed by atoms with van der Waals surface area (Å²) < 4.78 is 0. The Labute approximate surface area is 277 Å². The molecule has 0 aromatic heterocycles. The van der Waals surface area contributed by atoms with Gasteiger partial charge in [0, 0.05) is 20.0 Å². The number of rotatable bonds is 5. The van der Waals surface area contributed by atoms with Gasteiger partial charge in [-0.1, -0.05) is 60.3 Å². The average Bonchev–Trinajstić information content (AvgIpc) is 3.21. The lowest BCUT2D eigenvalue weighted by molar-refractivity contribution is -0.742. The van der Waals surface area contributed by atoms with Gasteiger partial charge < -0.3 is 15.8 Å². The van der Waals surface area contributed by atoms with Gasteiger partial charge in [0.25, 0.3) is 5.09 Å². The maximum atomic E-state index is 12.7. The molecule has 2 aliphatic rings. The van der Waals surface area contributed by atoms with Crippen LogP contribution in [-0.4, -0.2) is 49.7 Å². The molecule has 2 fully saturated rings. The number of hydrogen-bond donors (Lipinski definition) is 3. The number of carbonyl (C=O) groups excluding carboxylic acids is 4. The van der Waals surface area contributed by atoms with Crippen molar-refractivity contribution in [3.8, 4) is 0 Å². The summed E-state index contributed by atoms with van der Waals surface area (Å²) in [7, 11) is 0. The first-order valence-electron chi connectivity index (χ1n) is 13.3. The van der Waals surface area contributed by atoms with Crippen molar-refractivity contribution in [3.63, 3.8) is 0 Å². The zero-order valence-corrected chi connectivity index (χ0v) is 27.9. The molecule has 0 spiro atoms. The quantitative estimate of drug-likeness (QED) is 0.210. The molecule has 0 aliphatic carbocycles. The standard InChI is InChI=1S/C14H14Cl2N2O4.C14H15Cl2NO2.HNO3/c1-4-7-5-8(15)6-9(16)10(7)14(18(21)22)11(19)13(2,3)17-12(14)20;1-4-7-5-8(15)6-9(16)10(7)11-12(18)14(2,3)17-13(11)19;2-1(3)4/h5-6H,4H2,1-3H3,(H,17,20);5-6,11H,4H2,1-3H3,(H,17,19);(H,2,3,4). The fourth-order valence-electron chi connectivity index (χ4n) is 5.22. The molecule has 2 atom stereocenters. The van der Waals surface area contributed by atoms with E-state index in [1.807, 2.05) is 6.92 Å². The fraction of sp³-hybridized carbons (Fsp3) is 0.429. The summed E-state index contributed by atoms with van der Waals surface area (Å²) in [6.45, 7) is 9.92. The molecule has 2 heterocycles. The Morgan fingerprint density at radius 3 is 1.64 bits per heavy atom. The van der Waals surface area contributed by atoms with E-state index < -0.39 is 44.2 Å². The number of benzene rings is 2. The van der Waals surface area contributed by atoms with Gasteiger partial charge >= 0.3 is 11.4 Å². The van der Waals surface area contributed by atoms with E-state index in [1.165, 1.54) is 26.0 Å². The smallest absolute Gasteiger partial charge is 0.343 e. The number of ketones is 2. The molecule has 0 radical (unpaired) electrons. The third-order valence-corrected chi connectivity index (χ3v) is 8.28. The van der Waals surface area contributed by atoms with Crippen LogP contribution in [-0.2, 0) is 37.6 Å². The first-order valence-corrected chi connectivity index (χ1v) is 14.8. The lowest BCUT2D eigenvalue weighted by atomic mass is 9.80. The van der Waals surface area contributed by atoms with Crippen molar-refractivity contribution in [1.29, 1.82) is 0 Å². The van der Waals surface area contributed by atoms with E-state index in [2.05, 4.69) is 10.6 Å². The van der Waals surface area contributed by atoms with E-state index >= 15 is 0 Å². The molecule has 2 aliphatic heterocycles. The van der Waals surface area contributed by atoms with Gasteiger partial charge in [0.15, 0.2) is 5.78 Å². The van der Waals surface area contributed by atoms with Crippen molar-refractivity contribution >= 4 is 69.8 Å². The number of nitro groups is 1. The van der Waals surface area contributed by atoms with E-state index in [1.54, 1.807) is 32.9 Å². The minimum absolute atomic E-state index is 0.0674. The Balaban J connectivity index is 0.000000283. The first-order chi connectivity index (χ1) is 20.6. The van der Waals surface area contributed by atoms with E-state index in [0.717, 1.165) is 5.56 Å². The lowest BCUT2D eigenvalue weighted by Crippen LogP contribution is -2.49. The Morgan fingerprint density at radius 2 is 1.27 bits per heavy atom. The van der Waals surface area contributed by atoms with Gasteiger partial charge in [-0.15, -0.1) is 10.1 Å². The number of Topliss-reactive ketones (excluding diaryl/α,β-unsaturated/α-hetero) is 2. The second-order valence-electron chi connectivity index (χ2n) is 11.1. The van der Waals surface area contributed by atoms with Crippen LogP contribution in [0.2, 0.25) is 20.1 Å². The summed E-state index contributed by atoms with van der Waals surface area (Å²) in [6, 6.07) is 6.12. The van der Waals surface area contributed by atoms with E-state index in [9.17, 15) is 29.3 Å². The van der Waals surface area contributed by atoms with Gasteiger partial charge in [0.2, 0.25) is 11.7 Å². The van der Waals surface area contributed by atoms with Gasteiger partial charge in [-0.3, -0.25) is 29.3 Å². The molecule has 13 nitrogen and oxygen atoms in total. The predicted molar refractivity (Wildman–Crippen MR) is 166 cm³/mol. The molecule has 2 saturated heterocycles. The van der Waals surface area contributed by atoms with Crippen molar-refractivity contribution in [2.24, 2.45) is 0 Å². The summed E-state index contributed by atoms with van der Waals surface area (Å²) in [4.78, 5) is 68.8. The number of hydrogen-bond acceptors (Lipinski definition) is 8. The molecule has 3 N–H and O–H groups in total. The highest BCUT2D eigenvalue weighted by Crippen LogP contribution is 2.43. The highest BCUT2D eigenvalue weighted by Gasteiger charge is 2.70. The van der Waals surface area contributed by atoms with Gasteiger partial charge in [-0.2, -0.15) is 0 Å². The van der Waals surface area contributed by atoms with Crippen LogP contribution < -0.4 is 10.6 Å². The highest BCUT2D eigenvalue weighted by molar-refractivity contribution is 6.37. The molecule has 0 saturated carbocycles. The molecule has 0 bridgehead atoms. The maximum Gasteiger partial charge on any atom is 0.384 e. The molecular weight excluding hydrogens is 678 g/mol. The third-order valence-electron chi connectivity index (χ3n) is 7.23. The van der Waals surface area contributed by atoms with Crippen LogP contribution in [0.1, 0.15) is 69.7 Å². The van der Waals surface area contributed by atoms with Crippen LogP contribution in [0.3, 0.4) is 0 Å². The Bertz CT molecular complexity index is 1590. The number of nitrogens with zero attached hydrogens (tertiary/aromatic N) is 2. The molecule has 45 heavy (non-hydrogen) atoms. The summed E-state index contributed by atoms with van der Waals surface area (Å²) in [5, 5.41) is 31.6. The Morgan fingerprint density at radius 1 is 0.800 bits per heavy atom. The third kappa shape index (κ3) is 7.32. The van der Waals surface area contributed by atoms with Crippen LogP contribution in [0.15, 0.2) is 24.3 Å². The topological polar surface area (TPSA) is 199 Å². The van der Waals surface area contributed by atoms with Gasteiger partial charge in [-0.05, 0) is 81.5 Å². The van der Waals surface area contributed by atoms with Crippen molar-refractivity contribution < 1.29 is 34.4 Å². The molecule has 2 aromatic carbocycles. The summed E-state index contributed by atoms with van der Waals surface area (Å²) in [5.41, 5.74) is -3.02. The second-order valence-corrected chi connectivity index (χ2v) is 12.8. The summed E-state index contributed by atoms with van der Waals surface area (Å²) in [5.74, 6) is -3.11. The number of nitrogens with one attached hydrogen (secondary N) is 2. The van der Waals surface area contributed by atoms with Crippen molar-refractivity contribution in [1.82, 2.24) is 10.6 Å². The minimum Gasteiger partial charge on any atom is -0.343 e. The van der Waals surface area contributed by atoms with E-state index in [4.69, 9.17) is 61.7 Å². The first kappa shape index (κ1) is 37.7. The summed E-state index contributed by atoms with van der Waals surface area (Å²) in [6.07, 6.45) is 0.999. The largest absolute Gasteiger partial charge is 0.384 e. The van der Waals surface area contributed by atoms with Crippen LogP contribution >= 0.6 is 46.4 Å². The molecule has 2 unspecified atom stereocenters. The molecule has 17 heteroatoms. The number of carbonyl (C=O) groups is 4. The maximum absolute atomic E-state index is 12.7. The molecule has 2 aromatic rings. The average molecular weight is 708 g/mol. The zero-order valence-electron chi connectivity index (χ0n) is 24.9. The Hall–Kier alpha value is -3.52. The van der Waals surface area contributed by atoms with Crippen molar-refractivity contribution in [2.45, 2.75) is 76.9 Å². The van der Waals surface area contributed by atoms with Gasteiger partial charge in [0.05, 0.1) is 16.1 Å². The van der Waals surface area contributed by atoms with Crippen LogP contribution in [0.25, 0.3) is 0 Å². The van der Waals surface area contributed by atoms with E-state index in [0.29, 0.717) is 34.0 Å². The number of amides is 2. The van der Waals surface area contributed by atoms with Gasteiger partial charge in [0.1, 0.15) is 11.5 Å². The Kier molecular flexibility index (Phi) is 11.6. The number of aryl methyl sites for hydroxylation is 2. The van der Waals surface area contributed by atoms with Crippen molar-refractivity contribution in [3.05, 3.63) is 86.8 Å². The fourth-order valence-corrected chi connectivity index (χ4v) is 6.54. The molecule has 2 amide bonds. The lowest BCUT2D eigenvalue weighted by Gasteiger charge is -2.22. The molecule has 4 rings (SSSR count). The minimum atomic E-state index is -2.55. The summed E-state index contributed by atoms with van der Waals surface area (Å²) >= 11 is 24.2. The van der Waals surface area contributed by atoms with Gasteiger partial charge in [-0.25, -0.2) is 0 Å². The monoisotopic (exact) mass is 706 g/mol. The SMILES string of the molecule is CCc1cc(Cl)cc(Cl)c1C1([N+](=O)[O-])C(=O)NC(C)(C)C1=O.CCc1cc(Cl)cc(Cl)c1C1C(=O)NC(C)(C)C1=O.O=[N+]([O-])O. The predicted octanol–water partition coefficient (Wildman–Crippen LogP) is 5.27. The zero-order chi connectivity index (χ0) is 34.8. The van der Waals surface area contributed by atoms with Crippen LogP contribution in [0.5, 0.6) is 0 Å². The highest BCUT2D eigenvalue weighted by atomic mass is 35.5. The molecule has 244 valence electrons. The second kappa shape index (κ2) is 13.9. The van der Waals surface area contributed by atoms with Crippen molar-refractivity contribution in [2.75, 3.05) is 0 Å². The van der Waals surface area contributed by atoms with E-state index in [-0.39, 0.29) is 27.3 Å². The van der Waals surface area contributed by atoms with Crippen LogP contribution in [0, 0.1) is 20.2 Å². The number of halogens is 4.